The number of carbonyl (C=O) groups is 3. The van der Waals surface area contributed by atoms with E-state index >= 15 is 0 Å². The Labute approximate surface area is 227 Å². The molecular formula is C28H35ClN4O5. The third-order valence-electron chi connectivity index (χ3n) is 8.73. The molecule has 1 aliphatic carbocycles. The largest absolute Gasteiger partial charge is 0.379 e. The molecule has 1 spiro atoms. The Morgan fingerprint density at radius 3 is 2.63 bits per heavy atom. The zero-order chi connectivity index (χ0) is 26.3. The highest BCUT2D eigenvalue weighted by atomic mass is 35.5. The second kappa shape index (κ2) is 10.6. The van der Waals surface area contributed by atoms with Crippen LogP contribution in [0.25, 0.3) is 0 Å². The van der Waals surface area contributed by atoms with Crippen LogP contribution in [0.4, 0.5) is 5.69 Å². The van der Waals surface area contributed by atoms with Crippen LogP contribution in [-0.2, 0) is 23.9 Å². The van der Waals surface area contributed by atoms with Crippen molar-refractivity contribution in [2.75, 3.05) is 44.7 Å². The molecule has 4 aliphatic heterocycles. The normalized spacial score (nSPS) is 33.0. The summed E-state index contributed by atoms with van der Waals surface area (Å²) < 4.78 is 11.9. The van der Waals surface area contributed by atoms with Gasteiger partial charge in [-0.1, -0.05) is 49.1 Å². The second-order valence-electron chi connectivity index (χ2n) is 11.0. The lowest BCUT2D eigenvalue weighted by Gasteiger charge is -2.35. The first-order chi connectivity index (χ1) is 18.5. The number of anilines is 1. The first kappa shape index (κ1) is 25.8. The fraction of sp³-hybridized carbons (Fsp3) is 0.607. The number of ether oxygens (including phenoxy) is 2. The number of fused-ring (bicyclic) bond motifs is 1. The molecule has 5 atom stereocenters. The highest BCUT2D eigenvalue weighted by molar-refractivity contribution is 6.30. The predicted molar refractivity (Wildman–Crippen MR) is 142 cm³/mol. The number of rotatable bonds is 7. The van der Waals surface area contributed by atoms with Crippen molar-refractivity contribution >= 4 is 35.0 Å². The van der Waals surface area contributed by atoms with Crippen LogP contribution in [0, 0.1) is 11.8 Å². The Morgan fingerprint density at radius 2 is 1.87 bits per heavy atom. The van der Waals surface area contributed by atoms with Crippen molar-refractivity contribution in [1.29, 1.82) is 0 Å². The molecule has 9 nitrogen and oxygen atoms in total. The van der Waals surface area contributed by atoms with Crippen molar-refractivity contribution in [1.82, 2.24) is 15.1 Å². The van der Waals surface area contributed by atoms with Crippen molar-refractivity contribution in [2.45, 2.75) is 55.9 Å². The topological polar surface area (TPSA) is 100 Å². The molecule has 5 unspecified atom stereocenters. The van der Waals surface area contributed by atoms with Crippen LogP contribution in [0.2, 0.25) is 5.02 Å². The smallest absolute Gasteiger partial charge is 0.246 e. The maximum absolute atomic E-state index is 14.1. The van der Waals surface area contributed by atoms with Crippen LogP contribution < -0.4 is 10.6 Å². The summed E-state index contributed by atoms with van der Waals surface area (Å²) in [5.41, 5.74) is -0.591. The van der Waals surface area contributed by atoms with Crippen molar-refractivity contribution in [3.05, 3.63) is 41.4 Å². The van der Waals surface area contributed by atoms with Gasteiger partial charge in [-0.3, -0.25) is 19.3 Å². The highest BCUT2D eigenvalue weighted by Crippen LogP contribution is 2.55. The highest BCUT2D eigenvalue weighted by Gasteiger charge is 2.72. The molecule has 4 heterocycles. The van der Waals surface area contributed by atoms with Crippen LogP contribution in [0.1, 0.15) is 32.1 Å². The van der Waals surface area contributed by atoms with Gasteiger partial charge in [0.05, 0.1) is 31.2 Å². The van der Waals surface area contributed by atoms with Crippen molar-refractivity contribution in [2.24, 2.45) is 11.8 Å². The number of amides is 3. The van der Waals surface area contributed by atoms with Gasteiger partial charge in [0.25, 0.3) is 0 Å². The predicted octanol–water partition coefficient (Wildman–Crippen LogP) is 2.21. The molecule has 1 aromatic carbocycles. The van der Waals surface area contributed by atoms with E-state index in [0.717, 1.165) is 38.8 Å². The molecule has 1 aromatic rings. The zero-order valence-corrected chi connectivity index (χ0v) is 22.2. The lowest BCUT2D eigenvalue weighted by atomic mass is 9.74. The third-order valence-corrected chi connectivity index (χ3v) is 8.96. The maximum atomic E-state index is 14.1. The molecule has 38 heavy (non-hydrogen) atoms. The maximum Gasteiger partial charge on any atom is 0.246 e. The van der Waals surface area contributed by atoms with Crippen LogP contribution in [0.15, 0.2) is 36.4 Å². The van der Waals surface area contributed by atoms with E-state index in [1.165, 1.54) is 6.42 Å². The van der Waals surface area contributed by atoms with E-state index in [9.17, 15) is 14.4 Å². The SMILES string of the molecule is O=C(Nc1cccc(Cl)c1)C1C2C=CC3(O2)C1C(=O)N(CCN1CCOCC1)C3C(=O)NC1CCCCC1. The number of hydrogen-bond acceptors (Lipinski definition) is 6. The van der Waals surface area contributed by atoms with Gasteiger partial charge in [-0.05, 0) is 31.0 Å². The van der Waals surface area contributed by atoms with Crippen molar-refractivity contribution < 1.29 is 23.9 Å². The second-order valence-corrected chi connectivity index (χ2v) is 11.5. The molecule has 10 heteroatoms. The number of likely N-dealkylation sites (tertiary alicyclic amines) is 1. The molecule has 0 aromatic heterocycles. The van der Waals surface area contributed by atoms with Gasteiger partial charge in [-0.2, -0.15) is 0 Å². The summed E-state index contributed by atoms with van der Waals surface area (Å²) in [5.74, 6) is -2.17. The molecule has 3 amide bonds. The Kier molecular flexibility index (Phi) is 7.20. The van der Waals surface area contributed by atoms with E-state index in [0.29, 0.717) is 37.0 Å². The molecule has 4 fully saturated rings. The number of carbonyl (C=O) groups excluding carboxylic acids is 3. The number of halogens is 1. The third kappa shape index (κ3) is 4.63. The number of nitrogens with zero attached hydrogens (tertiary/aromatic N) is 2. The van der Waals surface area contributed by atoms with Gasteiger partial charge in [-0.25, -0.2) is 0 Å². The average Bonchev–Trinajstić information content (AvgIpc) is 3.56. The lowest BCUT2D eigenvalue weighted by molar-refractivity contribution is -0.141. The van der Waals surface area contributed by atoms with Gasteiger partial charge in [-0.15, -0.1) is 0 Å². The number of morpholine rings is 1. The Bertz CT molecular complexity index is 1120. The minimum atomic E-state index is -1.15. The number of benzene rings is 1. The summed E-state index contributed by atoms with van der Waals surface area (Å²) in [5, 5.41) is 6.66. The zero-order valence-electron chi connectivity index (χ0n) is 21.4. The number of nitrogens with one attached hydrogen (secondary N) is 2. The van der Waals surface area contributed by atoms with E-state index in [1.54, 1.807) is 29.2 Å². The molecule has 1 saturated carbocycles. The molecule has 3 saturated heterocycles. The van der Waals surface area contributed by atoms with Gasteiger partial charge < -0.3 is 25.0 Å². The van der Waals surface area contributed by atoms with Crippen LogP contribution in [0.5, 0.6) is 0 Å². The van der Waals surface area contributed by atoms with E-state index < -0.39 is 29.6 Å². The molecule has 5 aliphatic rings. The summed E-state index contributed by atoms with van der Waals surface area (Å²) >= 11 is 6.11. The van der Waals surface area contributed by atoms with E-state index in [4.69, 9.17) is 21.1 Å². The minimum absolute atomic E-state index is 0.104. The van der Waals surface area contributed by atoms with E-state index in [2.05, 4.69) is 15.5 Å². The Balaban J connectivity index is 1.27. The van der Waals surface area contributed by atoms with Crippen LogP contribution >= 0.6 is 11.6 Å². The molecular weight excluding hydrogens is 508 g/mol. The van der Waals surface area contributed by atoms with Gasteiger partial charge in [0.1, 0.15) is 11.6 Å². The molecule has 2 bridgehead atoms. The standard InChI is InChI=1S/C28H35ClN4O5/c29-18-5-4-8-20(17-18)31-25(34)22-21-9-10-28(38-21)23(22)27(36)33(12-11-32-13-15-37-16-14-32)24(28)26(35)30-19-6-2-1-3-7-19/h4-5,8-10,17,19,21-24H,1-3,6-7,11-16H2,(H,30,35)(H,31,34). The summed E-state index contributed by atoms with van der Waals surface area (Å²) in [4.78, 5) is 45.4. The first-order valence-corrected chi connectivity index (χ1v) is 14.2. The van der Waals surface area contributed by atoms with E-state index in [1.807, 2.05) is 12.2 Å². The molecule has 2 N–H and O–H groups in total. The molecule has 0 radical (unpaired) electrons. The first-order valence-electron chi connectivity index (χ1n) is 13.8. The monoisotopic (exact) mass is 542 g/mol. The van der Waals surface area contributed by atoms with Gasteiger partial charge in [0, 0.05) is 42.9 Å². The lowest BCUT2D eigenvalue weighted by Crippen LogP contribution is -2.57. The average molecular weight is 543 g/mol. The fourth-order valence-electron chi connectivity index (χ4n) is 6.90. The molecule has 6 rings (SSSR count). The van der Waals surface area contributed by atoms with Crippen molar-refractivity contribution in [3.63, 3.8) is 0 Å². The number of hydrogen-bond donors (Lipinski definition) is 2. The minimum Gasteiger partial charge on any atom is -0.379 e. The molecule has 204 valence electrons. The quantitative estimate of drug-likeness (QED) is 0.513. The van der Waals surface area contributed by atoms with Crippen LogP contribution in [-0.4, -0.2) is 90.7 Å². The van der Waals surface area contributed by atoms with Gasteiger partial charge in [0.15, 0.2) is 0 Å². The van der Waals surface area contributed by atoms with Gasteiger partial charge in [0.2, 0.25) is 17.7 Å². The van der Waals surface area contributed by atoms with Crippen LogP contribution in [0.3, 0.4) is 0 Å². The Morgan fingerprint density at radius 1 is 1.08 bits per heavy atom. The fourth-order valence-corrected chi connectivity index (χ4v) is 7.09. The summed E-state index contributed by atoms with van der Waals surface area (Å²) in [6, 6.07) is 6.22. The summed E-state index contributed by atoms with van der Waals surface area (Å²) in [6.45, 7) is 3.93. The Hall–Kier alpha value is -2.46. The summed E-state index contributed by atoms with van der Waals surface area (Å²) in [6.07, 6.45) is 8.40. The van der Waals surface area contributed by atoms with E-state index in [-0.39, 0.29) is 23.8 Å². The van der Waals surface area contributed by atoms with Crippen molar-refractivity contribution in [3.8, 4) is 0 Å². The summed E-state index contributed by atoms with van der Waals surface area (Å²) in [7, 11) is 0. The van der Waals surface area contributed by atoms with Gasteiger partial charge >= 0.3 is 0 Å².